The second-order valence-corrected chi connectivity index (χ2v) is 8.29. The minimum absolute atomic E-state index is 0.0458. The lowest BCUT2D eigenvalue weighted by Gasteiger charge is -2.35. The molecule has 0 saturated heterocycles. The normalized spacial score (nSPS) is 31.4. The summed E-state index contributed by atoms with van der Waals surface area (Å²) in [4.78, 5) is 0. The van der Waals surface area contributed by atoms with Gasteiger partial charge in [-0.1, -0.05) is 39.0 Å². The van der Waals surface area contributed by atoms with Crippen LogP contribution < -0.4 is 5.32 Å². The third-order valence-electron chi connectivity index (χ3n) is 4.61. The molecule has 1 N–H and O–H groups in total. The minimum Gasteiger partial charge on any atom is -0.313 e. The number of hydrogen-bond donors (Lipinski definition) is 1. The molecule has 4 heteroatoms. The SMILES string of the molecule is CCNC1CCCCC1S(=O)(=O)C1CCCCC1. The highest BCUT2D eigenvalue weighted by molar-refractivity contribution is 7.92. The van der Waals surface area contributed by atoms with Crippen molar-refractivity contribution in [2.45, 2.75) is 81.3 Å². The summed E-state index contributed by atoms with van der Waals surface area (Å²) in [6, 6.07) is 0.204. The Kier molecular flexibility index (Phi) is 5.07. The van der Waals surface area contributed by atoms with Gasteiger partial charge in [-0.2, -0.15) is 0 Å². The van der Waals surface area contributed by atoms with Gasteiger partial charge in [-0.3, -0.25) is 0 Å². The second kappa shape index (κ2) is 6.38. The van der Waals surface area contributed by atoms with Crippen LogP contribution >= 0.6 is 0 Å². The summed E-state index contributed by atoms with van der Waals surface area (Å²) in [6.07, 6.45) is 9.38. The highest BCUT2D eigenvalue weighted by Crippen LogP contribution is 2.32. The van der Waals surface area contributed by atoms with E-state index >= 15 is 0 Å². The molecule has 0 radical (unpaired) electrons. The predicted molar refractivity (Wildman–Crippen MR) is 75.5 cm³/mol. The van der Waals surface area contributed by atoms with Gasteiger partial charge in [0, 0.05) is 6.04 Å². The molecule has 106 valence electrons. The average Bonchev–Trinajstić information content (AvgIpc) is 2.41. The molecule has 2 aliphatic rings. The molecule has 18 heavy (non-hydrogen) atoms. The van der Waals surface area contributed by atoms with Crippen LogP contribution in [-0.4, -0.2) is 31.5 Å². The van der Waals surface area contributed by atoms with Crippen molar-refractivity contribution < 1.29 is 8.42 Å². The molecule has 0 aromatic carbocycles. The molecule has 2 aliphatic carbocycles. The zero-order chi connectivity index (χ0) is 13.0. The molecule has 2 saturated carbocycles. The van der Waals surface area contributed by atoms with Gasteiger partial charge in [-0.25, -0.2) is 8.42 Å². The summed E-state index contributed by atoms with van der Waals surface area (Å²) >= 11 is 0. The third kappa shape index (κ3) is 3.08. The summed E-state index contributed by atoms with van der Waals surface area (Å²) < 4.78 is 25.6. The van der Waals surface area contributed by atoms with Crippen LogP contribution in [0.1, 0.15) is 64.7 Å². The van der Waals surface area contributed by atoms with E-state index in [1.54, 1.807) is 0 Å². The molecule has 2 unspecified atom stereocenters. The van der Waals surface area contributed by atoms with Gasteiger partial charge in [0.15, 0.2) is 9.84 Å². The maximum Gasteiger partial charge on any atom is 0.157 e. The van der Waals surface area contributed by atoms with Crippen LogP contribution in [0.2, 0.25) is 0 Å². The quantitative estimate of drug-likeness (QED) is 0.856. The Morgan fingerprint density at radius 1 is 0.944 bits per heavy atom. The fourth-order valence-electron chi connectivity index (χ4n) is 3.63. The van der Waals surface area contributed by atoms with Crippen LogP contribution in [0.3, 0.4) is 0 Å². The molecule has 0 heterocycles. The lowest BCUT2D eigenvalue weighted by atomic mass is 9.95. The van der Waals surface area contributed by atoms with Crippen LogP contribution in [0.4, 0.5) is 0 Å². The maximum absolute atomic E-state index is 12.8. The first-order valence-electron chi connectivity index (χ1n) is 7.62. The largest absolute Gasteiger partial charge is 0.313 e. The van der Waals surface area contributed by atoms with Gasteiger partial charge in [0.25, 0.3) is 0 Å². The van der Waals surface area contributed by atoms with Crippen LogP contribution in [0.15, 0.2) is 0 Å². The highest BCUT2D eigenvalue weighted by Gasteiger charge is 2.40. The molecular formula is C14H27NO2S. The zero-order valence-corrected chi connectivity index (χ0v) is 12.3. The number of sulfone groups is 1. The Morgan fingerprint density at radius 3 is 2.22 bits per heavy atom. The molecule has 2 fully saturated rings. The van der Waals surface area contributed by atoms with Crippen LogP contribution in [0.5, 0.6) is 0 Å². The smallest absolute Gasteiger partial charge is 0.157 e. The van der Waals surface area contributed by atoms with E-state index in [-0.39, 0.29) is 16.5 Å². The van der Waals surface area contributed by atoms with Crippen molar-refractivity contribution in [3.63, 3.8) is 0 Å². The van der Waals surface area contributed by atoms with E-state index in [9.17, 15) is 8.42 Å². The fraction of sp³-hybridized carbons (Fsp3) is 1.00. The molecular weight excluding hydrogens is 246 g/mol. The van der Waals surface area contributed by atoms with Crippen molar-refractivity contribution in [1.29, 1.82) is 0 Å². The molecule has 0 aromatic rings. The molecule has 0 aliphatic heterocycles. The van der Waals surface area contributed by atoms with Gasteiger partial charge < -0.3 is 5.32 Å². The Morgan fingerprint density at radius 2 is 1.56 bits per heavy atom. The molecule has 0 amide bonds. The van der Waals surface area contributed by atoms with Crippen LogP contribution in [-0.2, 0) is 9.84 Å². The van der Waals surface area contributed by atoms with E-state index < -0.39 is 9.84 Å². The van der Waals surface area contributed by atoms with Gasteiger partial charge in [-0.05, 0) is 32.2 Å². The van der Waals surface area contributed by atoms with Crippen molar-refractivity contribution in [3.05, 3.63) is 0 Å². The Bertz CT molecular complexity index is 345. The molecule has 2 rings (SSSR count). The molecule has 0 aromatic heterocycles. The van der Waals surface area contributed by atoms with E-state index in [2.05, 4.69) is 12.2 Å². The standard InChI is InChI=1S/C14H27NO2S/c1-2-15-13-10-6-7-11-14(13)18(16,17)12-8-4-3-5-9-12/h12-15H,2-11H2,1H3. The lowest BCUT2D eigenvalue weighted by Crippen LogP contribution is -2.49. The third-order valence-corrected chi connectivity index (χ3v) is 7.42. The fourth-order valence-corrected chi connectivity index (χ4v) is 6.30. The molecule has 0 bridgehead atoms. The van der Waals surface area contributed by atoms with Crippen molar-refractivity contribution in [3.8, 4) is 0 Å². The van der Waals surface area contributed by atoms with E-state index in [0.29, 0.717) is 0 Å². The average molecular weight is 273 g/mol. The minimum atomic E-state index is -2.92. The second-order valence-electron chi connectivity index (χ2n) is 5.84. The van der Waals surface area contributed by atoms with Gasteiger partial charge in [0.1, 0.15) is 0 Å². The number of nitrogens with one attached hydrogen (secondary N) is 1. The Labute approximate surface area is 112 Å². The van der Waals surface area contributed by atoms with E-state index in [1.165, 1.54) is 12.8 Å². The summed E-state index contributed by atoms with van der Waals surface area (Å²) in [5.41, 5.74) is 0. The summed E-state index contributed by atoms with van der Waals surface area (Å²) in [6.45, 7) is 2.94. The molecule has 0 spiro atoms. The van der Waals surface area contributed by atoms with Crippen molar-refractivity contribution in [2.24, 2.45) is 0 Å². The maximum atomic E-state index is 12.8. The Balaban J connectivity index is 2.10. The van der Waals surface area contributed by atoms with Gasteiger partial charge in [0.05, 0.1) is 10.5 Å². The van der Waals surface area contributed by atoms with Crippen molar-refractivity contribution in [1.82, 2.24) is 5.32 Å². The van der Waals surface area contributed by atoms with Crippen molar-refractivity contribution >= 4 is 9.84 Å². The predicted octanol–water partition coefficient (Wildman–Crippen LogP) is 2.65. The van der Waals surface area contributed by atoms with Crippen LogP contribution in [0.25, 0.3) is 0 Å². The Hall–Kier alpha value is -0.0900. The zero-order valence-electron chi connectivity index (χ0n) is 11.5. The topological polar surface area (TPSA) is 46.2 Å². The van der Waals surface area contributed by atoms with Gasteiger partial charge in [-0.15, -0.1) is 0 Å². The van der Waals surface area contributed by atoms with Crippen molar-refractivity contribution in [2.75, 3.05) is 6.54 Å². The summed E-state index contributed by atoms with van der Waals surface area (Å²) in [7, 11) is -2.92. The van der Waals surface area contributed by atoms with Gasteiger partial charge >= 0.3 is 0 Å². The van der Waals surface area contributed by atoms with Gasteiger partial charge in [0.2, 0.25) is 0 Å². The van der Waals surface area contributed by atoms with E-state index in [4.69, 9.17) is 0 Å². The molecule has 3 nitrogen and oxygen atoms in total. The monoisotopic (exact) mass is 273 g/mol. The number of hydrogen-bond acceptors (Lipinski definition) is 3. The first kappa shape index (κ1) is 14.3. The lowest BCUT2D eigenvalue weighted by molar-refractivity contribution is 0.370. The summed E-state index contributed by atoms with van der Waals surface area (Å²) in [5.74, 6) is 0. The number of rotatable bonds is 4. The first-order valence-corrected chi connectivity index (χ1v) is 9.23. The van der Waals surface area contributed by atoms with E-state index in [1.807, 2.05) is 0 Å². The molecule has 2 atom stereocenters. The first-order chi connectivity index (χ1) is 8.66. The van der Waals surface area contributed by atoms with Crippen LogP contribution in [0, 0.1) is 0 Å². The summed E-state index contributed by atoms with van der Waals surface area (Å²) in [5, 5.41) is 3.24. The highest BCUT2D eigenvalue weighted by atomic mass is 32.2. The van der Waals surface area contributed by atoms with E-state index in [0.717, 1.165) is 51.5 Å².